The Bertz CT molecular complexity index is 960. The smallest absolute Gasteiger partial charge is 0.410 e. The highest BCUT2D eigenvalue weighted by molar-refractivity contribution is 6.99. The third-order valence-corrected chi connectivity index (χ3v) is 11.1. The van der Waals surface area contributed by atoms with Crippen molar-refractivity contribution in [2.24, 2.45) is 0 Å². The minimum absolute atomic E-state index is 0.0500. The maximum Gasteiger partial charge on any atom is 0.410 e. The van der Waals surface area contributed by atoms with Crippen molar-refractivity contribution in [3.05, 3.63) is 60.7 Å². The summed E-state index contributed by atoms with van der Waals surface area (Å²) in [5.41, 5.74) is -0.711. The van der Waals surface area contributed by atoms with Gasteiger partial charge in [-0.15, -0.1) is 0 Å². The first-order valence-corrected chi connectivity index (χ1v) is 13.8. The van der Waals surface area contributed by atoms with Crippen molar-refractivity contribution >= 4 is 30.8 Å². The molecule has 0 spiro atoms. The van der Waals surface area contributed by atoms with Gasteiger partial charge < -0.3 is 19.0 Å². The monoisotopic (exact) mass is 499 g/mol. The van der Waals surface area contributed by atoms with Crippen LogP contribution in [0.4, 0.5) is 4.79 Å². The predicted molar refractivity (Wildman–Crippen MR) is 138 cm³/mol. The Balaban J connectivity index is 1.98. The van der Waals surface area contributed by atoms with Gasteiger partial charge in [-0.05, 0) is 36.2 Å². The number of hydrogen-bond acceptors (Lipinski definition) is 5. The molecule has 0 saturated carbocycles. The van der Waals surface area contributed by atoms with Crippen molar-refractivity contribution in [1.29, 1.82) is 0 Å². The summed E-state index contributed by atoms with van der Waals surface area (Å²) in [6.07, 6.45) is -1.67. The maximum absolute atomic E-state index is 13.1. The van der Waals surface area contributed by atoms with E-state index in [0.29, 0.717) is 0 Å². The molecule has 2 aromatic rings. The molecule has 0 aliphatic carbocycles. The lowest BCUT2D eigenvalue weighted by Crippen LogP contribution is -2.68. The van der Waals surface area contributed by atoms with Gasteiger partial charge in [0.05, 0.1) is 25.8 Å². The second-order valence-electron chi connectivity index (χ2n) is 10.9. The molecule has 1 fully saturated rings. The lowest BCUT2D eigenvalue weighted by Gasteiger charge is -2.45. The third-order valence-electron chi connectivity index (χ3n) is 6.11. The molecule has 7 nitrogen and oxygen atoms in total. The molecule has 2 atom stereocenters. The fourth-order valence-electron chi connectivity index (χ4n) is 4.51. The van der Waals surface area contributed by atoms with Gasteiger partial charge >= 0.3 is 12.1 Å². The van der Waals surface area contributed by atoms with E-state index < -0.39 is 38.1 Å². The molecule has 0 unspecified atom stereocenters. The summed E-state index contributed by atoms with van der Waals surface area (Å²) in [4.78, 5) is 26.1. The first-order chi connectivity index (χ1) is 16.3. The van der Waals surface area contributed by atoms with Gasteiger partial charge in [0.1, 0.15) is 5.60 Å². The van der Waals surface area contributed by atoms with E-state index >= 15 is 0 Å². The Morgan fingerprint density at radius 2 is 1.49 bits per heavy atom. The van der Waals surface area contributed by atoms with Crippen LogP contribution >= 0.6 is 0 Å². The minimum Gasteiger partial charge on any atom is -0.479 e. The molecule has 1 saturated heterocycles. The molecule has 1 amide bonds. The lowest BCUT2D eigenvalue weighted by atomic mass is 10.2. The Hall–Kier alpha value is -2.68. The van der Waals surface area contributed by atoms with Crippen LogP contribution in [0.15, 0.2) is 60.7 Å². The number of morpholine rings is 1. The summed E-state index contributed by atoms with van der Waals surface area (Å²) in [6.45, 7) is 12.1. The molecular weight excluding hydrogens is 462 g/mol. The van der Waals surface area contributed by atoms with Crippen LogP contribution in [0.5, 0.6) is 0 Å². The SMILES string of the molecule is CC(C)(C)OC(=O)N1C[C@@H](C(=O)O)OC[C@H]1CO[Si](c1ccccc1)(c1ccccc1)C(C)(C)C. The van der Waals surface area contributed by atoms with E-state index in [0.717, 1.165) is 10.4 Å². The average Bonchev–Trinajstić information content (AvgIpc) is 2.79. The number of carbonyl (C=O) groups excluding carboxylic acids is 1. The molecule has 8 heteroatoms. The Morgan fingerprint density at radius 3 is 1.91 bits per heavy atom. The van der Waals surface area contributed by atoms with Crippen molar-refractivity contribution in [2.45, 2.75) is 64.3 Å². The van der Waals surface area contributed by atoms with Crippen LogP contribution in [0.1, 0.15) is 41.5 Å². The number of benzene rings is 2. The molecule has 0 bridgehead atoms. The lowest BCUT2D eigenvalue weighted by molar-refractivity contribution is -0.159. The zero-order valence-corrected chi connectivity index (χ0v) is 22.5. The molecule has 1 heterocycles. The van der Waals surface area contributed by atoms with E-state index in [1.807, 2.05) is 36.4 Å². The van der Waals surface area contributed by atoms with Crippen molar-refractivity contribution < 1.29 is 28.6 Å². The number of aliphatic carboxylic acids is 1. The Morgan fingerprint density at radius 1 is 0.971 bits per heavy atom. The number of carboxylic acids is 1. The average molecular weight is 500 g/mol. The van der Waals surface area contributed by atoms with E-state index in [4.69, 9.17) is 13.9 Å². The van der Waals surface area contributed by atoms with E-state index in [9.17, 15) is 14.7 Å². The zero-order chi connectivity index (χ0) is 25.9. The van der Waals surface area contributed by atoms with Crippen molar-refractivity contribution in [2.75, 3.05) is 19.8 Å². The fraction of sp³-hybridized carbons (Fsp3) is 0.481. The van der Waals surface area contributed by atoms with Crippen LogP contribution in [0.3, 0.4) is 0 Å². The van der Waals surface area contributed by atoms with Gasteiger partial charge in [0.2, 0.25) is 0 Å². The third kappa shape index (κ3) is 6.12. The Labute approximate surface area is 209 Å². The molecule has 1 aliphatic rings. The van der Waals surface area contributed by atoms with Crippen LogP contribution in [0, 0.1) is 0 Å². The molecule has 0 radical (unpaired) electrons. The summed E-state index contributed by atoms with van der Waals surface area (Å²) < 4.78 is 18.2. The van der Waals surface area contributed by atoms with Gasteiger partial charge in [-0.25, -0.2) is 9.59 Å². The van der Waals surface area contributed by atoms with Gasteiger partial charge in [0.15, 0.2) is 6.10 Å². The van der Waals surface area contributed by atoms with Crippen LogP contribution < -0.4 is 10.4 Å². The minimum atomic E-state index is -2.83. The Kier molecular flexibility index (Phi) is 8.09. The first-order valence-electron chi connectivity index (χ1n) is 11.9. The number of carboxylic acid groups (broad SMARTS) is 1. The number of carbonyl (C=O) groups is 2. The summed E-state index contributed by atoms with van der Waals surface area (Å²) >= 11 is 0. The van der Waals surface area contributed by atoms with Gasteiger partial charge in [-0.2, -0.15) is 0 Å². The first kappa shape index (κ1) is 26.9. The summed E-state index contributed by atoms with van der Waals surface area (Å²) in [5.74, 6) is -1.11. The van der Waals surface area contributed by atoms with E-state index in [2.05, 4.69) is 45.0 Å². The maximum atomic E-state index is 13.1. The van der Waals surface area contributed by atoms with E-state index in [1.54, 1.807) is 20.8 Å². The zero-order valence-electron chi connectivity index (χ0n) is 21.5. The van der Waals surface area contributed by atoms with Crippen LogP contribution in [-0.4, -0.2) is 67.9 Å². The van der Waals surface area contributed by atoms with Gasteiger partial charge in [-0.1, -0.05) is 81.4 Å². The van der Waals surface area contributed by atoms with Gasteiger partial charge in [0, 0.05) is 0 Å². The number of hydrogen-bond donors (Lipinski definition) is 1. The highest BCUT2D eigenvalue weighted by atomic mass is 28.4. The molecule has 2 aromatic carbocycles. The van der Waals surface area contributed by atoms with Crippen LogP contribution in [-0.2, 0) is 18.7 Å². The number of nitrogens with zero attached hydrogens (tertiary/aromatic N) is 1. The summed E-state index contributed by atoms with van der Waals surface area (Å²) in [5, 5.41) is 11.5. The summed E-state index contributed by atoms with van der Waals surface area (Å²) in [6, 6.07) is 20.0. The molecule has 3 rings (SSSR count). The van der Waals surface area contributed by atoms with E-state index in [1.165, 1.54) is 4.90 Å². The molecule has 190 valence electrons. The number of amides is 1. The second-order valence-corrected chi connectivity index (χ2v) is 15.2. The van der Waals surface area contributed by atoms with Gasteiger partial charge in [0.25, 0.3) is 8.32 Å². The fourth-order valence-corrected chi connectivity index (χ4v) is 9.11. The topological polar surface area (TPSA) is 85.3 Å². The van der Waals surface area contributed by atoms with Crippen LogP contribution in [0.25, 0.3) is 0 Å². The van der Waals surface area contributed by atoms with Crippen molar-refractivity contribution in [3.8, 4) is 0 Å². The highest BCUT2D eigenvalue weighted by Gasteiger charge is 2.51. The number of ether oxygens (including phenoxy) is 2. The normalized spacial score (nSPS) is 19.3. The van der Waals surface area contributed by atoms with Crippen LogP contribution in [0.2, 0.25) is 5.04 Å². The largest absolute Gasteiger partial charge is 0.479 e. The second kappa shape index (κ2) is 10.5. The molecule has 0 aromatic heterocycles. The van der Waals surface area contributed by atoms with Crippen molar-refractivity contribution in [1.82, 2.24) is 4.90 Å². The molecule has 1 N–H and O–H groups in total. The quantitative estimate of drug-likeness (QED) is 0.611. The number of rotatable bonds is 6. The molecule has 35 heavy (non-hydrogen) atoms. The standard InChI is InChI=1S/C27H37NO6Si/c1-26(2,3)34-25(31)28-17-23(24(29)30)32-18-20(28)19-33-35(27(4,5)6,21-13-9-7-10-14-21)22-15-11-8-12-16-22/h7-16,20,23H,17-19H2,1-6H3,(H,29,30)/t20-,23-/m0/s1. The van der Waals surface area contributed by atoms with E-state index in [-0.39, 0.29) is 24.8 Å². The molecule has 1 aliphatic heterocycles. The van der Waals surface area contributed by atoms with Gasteiger partial charge in [-0.3, -0.25) is 4.90 Å². The summed E-state index contributed by atoms with van der Waals surface area (Å²) in [7, 11) is -2.83. The molecular formula is C27H37NO6Si. The highest BCUT2D eigenvalue weighted by Crippen LogP contribution is 2.37. The van der Waals surface area contributed by atoms with Crippen molar-refractivity contribution in [3.63, 3.8) is 0 Å². The predicted octanol–water partition coefficient (Wildman–Crippen LogP) is 3.65.